The predicted octanol–water partition coefficient (Wildman–Crippen LogP) is 6.39. The van der Waals surface area contributed by atoms with Gasteiger partial charge in [0.1, 0.15) is 17.4 Å². The zero-order chi connectivity index (χ0) is 35.0. The molecule has 0 bridgehead atoms. The van der Waals surface area contributed by atoms with Crippen molar-refractivity contribution in [1.29, 1.82) is 0 Å². The number of halogens is 6. The molecule has 1 aromatic carbocycles. The van der Waals surface area contributed by atoms with Crippen molar-refractivity contribution in [3.05, 3.63) is 23.3 Å². The van der Waals surface area contributed by atoms with Gasteiger partial charge >= 0.3 is 18.4 Å². The van der Waals surface area contributed by atoms with E-state index in [1.165, 1.54) is 30.6 Å². The van der Waals surface area contributed by atoms with Crippen LogP contribution in [0.4, 0.5) is 36.8 Å². The highest BCUT2D eigenvalue weighted by Gasteiger charge is 2.46. The first kappa shape index (κ1) is 37.2. The van der Waals surface area contributed by atoms with E-state index in [4.69, 9.17) is 9.47 Å². The summed E-state index contributed by atoms with van der Waals surface area (Å²) in [6.45, 7) is 12.2. The fraction of sp³-hybridized carbons (Fsp3) is 0.710. The van der Waals surface area contributed by atoms with Gasteiger partial charge in [0.05, 0.1) is 22.9 Å². The zero-order valence-electron chi connectivity index (χ0n) is 27.5. The molecule has 1 fully saturated rings. The van der Waals surface area contributed by atoms with E-state index in [-0.39, 0.29) is 37.5 Å². The fourth-order valence-electron chi connectivity index (χ4n) is 5.72. The van der Waals surface area contributed by atoms with E-state index >= 15 is 0 Å². The Bertz CT molecular complexity index is 1290. The number of benzene rings is 1. The lowest BCUT2D eigenvalue weighted by Crippen LogP contribution is -2.55. The van der Waals surface area contributed by atoms with Crippen LogP contribution in [0.25, 0.3) is 0 Å². The van der Waals surface area contributed by atoms with Gasteiger partial charge in [-0.25, -0.2) is 4.79 Å². The lowest BCUT2D eigenvalue weighted by molar-refractivity contribution is -0.156. The standard InChI is InChI=1S/C31H44F6N4O5/c1-9-24(31(35,36)37)38-12-14-40-22-15-20(21(30(32,33)34)16-23(22)45-29(7,8)26(40)43)25(42)41(18(2)3)19-11-10-13-39(17-19)27(44)46-28(4,5)6/h15-16,18-19,24,38H,9-14,17H2,1-8H3/t19-,24?/m1/s1. The van der Waals surface area contributed by atoms with Crippen molar-refractivity contribution in [3.8, 4) is 5.75 Å². The van der Waals surface area contributed by atoms with Gasteiger partial charge in [-0.1, -0.05) is 6.92 Å². The number of piperidine rings is 1. The maximum Gasteiger partial charge on any atom is 0.417 e. The van der Waals surface area contributed by atoms with Crippen molar-refractivity contribution in [2.75, 3.05) is 31.1 Å². The maximum absolute atomic E-state index is 14.5. The minimum atomic E-state index is -5.00. The van der Waals surface area contributed by atoms with Crippen LogP contribution < -0.4 is 15.0 Å². The van der Waals surface area contributed by atoms with E-state index in [2.05, 4.69) is 5.32 Å². The number of alkyl halides is 6. The quantitative estimate of drug-likeness (QED) is 0.324. The van der Waals surface area contributed by atoms with E-state index in [0.717, 1.165) is 11.0 Å². The largest absolute Gasteiger partial charge is 0.476 e. The van der Waals surface area contributed by atoms with Crippen LogP contribution in [-0.4, -0.2) is 89.4 Å². The normalized spacial score (nSPS) is 19.5. The molecule has 15 heteroatoms. The monoisotopic (exact) mass is 666 g/mol. The summed E-state index contributed by atoms with van der Waals surface area (Å²) in [4.78, 5) is 44.1. The van der Waals surface area contributed by atoms with Crippen LogP contribution in [0.3, 0.4) is 0 Å². The first-order chi connectivity index (χ1) is 21.0. The molecule has 260 valence electrons. The molecule has 3 amide bonds. The Balaban J connectivity index is 2.04. The first-order valence-electron chi connectivity index (χ1n) is 15.3. The van der Waals surface area contributed by atoms with Crippen LogP contribution in [0.1, 0.15) is 90.6 Å². The third-order valence-corrected chi connectivity index (χ3v) is 7.81. The number of likely N-dealkylation sites (tertiary alicyclic amines) is 1. The number of carbonyl (C=O) groups excluding carboxylic acids is 3. The van der Waals surface area contributed by atoms with E-state index in [0.29, 0.717) is 25.5 Å². The summed E-state index contributed by atoms with van der Waals surface area (Å²) in [6.07, 6.45) is -9.52. The number of amides is 3. The maximum atomic E-state index is 14.5. The topological polar surface area (TPSA) is 91.4 Å². The van der Waals surface area contributed by atoms with Gasteiger partial charge in [-0.15, -0.1) is 0 Å². The molecule has 0 aliphatic carbocycles. The summed E-state index contributed by atoms with van der Waals surface area (Å²) in [5, 5.41) is 2.35. The second kappa shape index (κ2) is 13.5. The van der Waals surface area contributed by atoms with Crippen LogP contribution in [0, 0.1) is 0 Å². The Morgan fingerprint density at radius 1 is 1.13 bits per heavy atom. The average molecular weight is 667 g/mol. The van der Waals surface area contributed by atoms with Crippen LogP contribution in [-0.2, 0) is 15.7 Å². The minimum Gasteiger partial charge on any atom is -0.476 e. The zero-order valence-corrected chi connectivity index (χ0v) is 27.5. The summed E-state index contributed by atoms with van der Waals surface area (Å²) < 4.78 is 94.7. The van der Waals surface area contributed by atoms with Crippen molar-refractivity contribution in [3.63, 3.8) is 0 Å². The summed E-state index contributed by atoms with van der Waals surface area (Å²) in [6, 6.07) is -1.49. The van der Waals surface area contributed by atoms with Crippen LogP contribution in [0.15, 0.2) is 12.1 Å². The van der Waals surface area contributed by atoms with Crippen LogP contribution in [0.2, 0.25) is 0 Å². The minimum absolute atomic E-state index is 0.0382. The molecule has 1 unspecified atom stereocenters. The van der Waals surface area contributed by atoms with Crippen LogP contribution in [0.5, 0.6) is 5.75 Å². The molecule has 2 heterocycles. The molecule has 46 heavy (non-hydrogen) atoms. The molecule has 9 nitrogen and oxygen atoms in total. The summed E-state index contributed by atoms with van der Waals surface area (Å²) in [5.74, 6) is -2.00. The molecule has 0 radical (unpaired) electrons. The number of carbonyl (C=O) groups is 3. The molecular weight excluding hydrogens is 622 g/mol. The Hall–Kier alpha value is -3.23. The van der Waals surface area contributed by atoms with E-state index in [9.17, 15) is 40.7 Å². The highest BCUT2D eigenvalue weighted by Crippen LogP contribution is 2.44. The number of hydrogen-bond acceptors (Lipinski definition) is 6. The van der Waals surface area contributed by atoms with Crippen molar-refractivity contribution < 1.29 is 50.2 Å². The highest BCUT2D eigenvalue weighted by atomic mass is 19.4. The molecule has 0 spiro atoms. The van der Waals surface area contributed by atoms with Gasteiger partial charge in [-0.3, -0.25) is 9.59 Å². The van der Waals surface area contributed by atoms with E-state index in [1.807, 2.05) is 0 Å². The Kier molecular flexibility index (Phi) is 10.9. The molecule has 1 aromatic rings. The number of nitrogens with zero attached hydrogens (tertiary/aromatic N) is 3. The van der Waals surface area contributed by atoms with Gasteiger partial charge in [0.25, 0.3) is 11.8 Å². The Morgan fingerprint density at radius 2 is 1.76 bits per heavy atom. The van der Waals surface area contributed by atoms with Crippen molar-refractivity contribution in [2.24, 2.45) is 0 Å². The highest BCUT2D eigenvalue weighted by molar-refractivity contribution is 6.05. The molecule has 1 saturated heterocycles. The van der Waals surface area contributed by atoms with Gasteiger partial charge in [-0.05, 0) is 79.9 Å². The molecule has 2 aliphatic heterocycles. The third-order valence-electron chi connectivity index (χ3n) is 7.81. The molecule has 0 saturated carbocycles. The summed E-state index contributed by atoms with van der Waals surface area (Å²) in [5.41, 5.74) is -4.60. The SMILES string of the molecule is CCC(NCCN1C(=O)C(C)(C)Oc2cc(C(F)(F)F)c(C(=O)N(C(C)C)[C@@H]3CCCN(C(=O)OC(C)(C)C)C3)cc21)C(F)(F)F. The number of ether oxygens (including phenoxy) is 2. The fourth-order valence-corrected chi connectivity index (χ4v) is 5.72. The number of hydrogen-bond donors (Lipinski definition) is 1. The van der Waals surface area contributed by atoms with E-state index < -0.39 is 70.7 Å². The second-order valence-electron chi connectivity index (χ2n) is 13.4. The Morgan fingerprint density at radius 3 is 2.28 bits per heavy atom. The first-order valence-corrected chi connectivity index (χ1v) is 15.3. The Labute approximate surface area is 265 Å². The molecule has 1 N–H and O–H groups in total. The van der Waals surface area contributed by atoms with Crippen molar-refractivity contribution in [1.82, 2.24) is 15.1 Å². The number of fused-ring (bicyclic) bond motifs is 1. The lowest BCUT2D eigenvalue weighted by atomic mass is 9.96. The molecular formula is C31H44F6N4O5. The van der Waals surface area contributed by atoms with Gasteiger partial charge < -0.3 is 29.5 Å². The molecule has 2 aliphatic rings. The van der Waals surface area contributed by atoms with Crippen molar-refractivity contribution in [2.45, 2.75) is 116 Å². The van der Waals surface area contributed by atoms with Crippen molar-refractivity contribution >= 4 is 23.6 Å². The number of rotatable bonds is 8. The predicted molar refractivity (Wildman–Crippen MR) is 159 cm³/mol. The number of nitrogens with one attached hydrogen (secondary N) is 1. The van der Waals surface area contributed by atoms with Gasteiger partial charge in [-0.2, -0.15) is 26.3 Å². The third kappa shape index (κ3) is 8.56. The molecule has 0 aromatic heterocycles. The van der Waals surface area contributed by atoms with Gasteiger partial charge in [0.2, 0.25) is 0 Å². The van der Waals surface area contributed by atoms with Gasteiger partial charge in [0, 0.05) is 32.2 Å². The molecule has 2 atom stereocenters. The summed E-state index contributed by atoms with van der Waals surface area (Å²) in [7, 11) is 0. The average Bonchev–Trinajstić information content (AvgIpc) is 2.90. The second-order valence-corrected chi connectivity index (χ2v) is 13.4. The number of anilines is 1. The molecule has 3 rings (SSSR count). The van der Waals surface area contributed by atoms with E-state index in [1.54, 1.807) is 34.6 Å². The smallest absolute Gasteiger partial charge is 0.417 e. The summed E-state index contributed by atoms with van der Waals surface area (Å²) >= 11 is 0. The van der Waals surface area contributed by atoms with Crippen LogP contribution >= 0.6 is 0 Å². The van der Waals surface area contributed by atoms with Gasteiger partial charge in [0.15, 0.2) is 5.60 Å². The lowest BCUT2D eigenvalue weighted by Gasteiger charge is -2.42.